The molecule has 0 bridgehead atoms. The molecular formula is C13H18N2O3S. The van der Waals surface area contributed by atoms with E-state index >= 15 is 0 Å². The number of carbonyl (C=O) groups is 2. The minimum Gasteiger partial charge on any atom is -0.481 e. The molecule has 19 heavy (non-hydrogen) atoms. The Bertz CT molecular complexity index is 465. The van der Waals surface area contributed by atoms with Crippen LogP contribution >= 0.6 is 11.8 Å². The van der Waals surface area contributed by atoms with E-state index in [-0.39, 0.29) is 12.6 Å². The summed E-state index contributed by atoms with van der Waals surface area (Å²) in [5, 5.41) is 11.6. The molecular weight excluding hydrogens is 264 g/mol. The third-order valence-electron chi connectivity index (χ3n) is 2.66. The van der Waals surface area contributed by atoms with Crippen LogP contribution in [0, 0.1) is 5.92 Å². The van der Waals surface area contributed by atoms with E-state index in [2.05, 4.69) is 5.32 Å². The summed E-state index contributed by atoms with van der Waals surface area (Å²) >= 11 is 1.54. The summed E-state index contributed by atoms with van der Waals surface area (Å²) in [6.07, 6.45) is 1.93. The van der Waals surface area contributed by atoms with Gasteiger partial charge in [0.15, 0.2) is 0 Å². The average molecular weight is 282 g/mol. The van der Waals surface area contributed by atoms with Crippen LogP contribution in [0.4, 0.5) is 10.5 Å². The number of para-hydroxylation sites is 1. The van der Waals surface area contributed by atoms with Crippen molar-refractivity contribution in [3.8, 4) is 0 Å². The van der Waals surface area contributed by atoms with E-state index in [1.165, 1.54) is 4.90 Å². The minimum absolute atomic E-state index is 0.169. The van der Waals surface area contributed by atoms with Gasteiger partial charge >= 0.3 is 12.0 Å². The van der Waals surface area contributed by atoms with E-state index in [0.717, 1.165) is 10.6 Å². The van der Waals surface area contributed by atoms with Gasteiger partial charge < -0.3 is 15.3 Å². The van der Waals surface area contributed by atoms with Crippen LogP contribution in [0.1, 0.15) is 6.92 Å². The highest BCUT2D eigenvalue weighted by Crippen LogP contribution is 2.24. The first-order chi connectivity index (χ1) is 8.95. The maximum Gasteiger partial charge on any atom is 0.321 e. The molecule has 1 rings (SSSR count). The number of nitrogens with zero attached hydrogens (tertiary/aromatic N) is 1. The Kier molecular flexibility index (Phi) is 5.69. The molecule has 0 aliphatic carbocycles. The molecule has 1 aromatic rings. The van der Waals surface area contributed by atoms with Gasteiger partial charge in [-0.2, -0.15) is 0 Å². The van der Waals surface area contributed by atoms with E-state index in [1.807, 2.05) is 30.5 Å². The van der Waals surface area contributed by atoms with Gasteiger partial charge in [0.05, 0.1) is 11.6 Å². The number of urea groups is 1. The third-order valence-corrected chi connectivity index (χ3v) is 3.46. The van der Waals surface area contributed by atoms with Crippen molar-refractivity contribution in [3.63, 3.8) is 0 Å². The van der Waals surface area contributed by atoms with Crippen molar-refractivity contribution in [2.45, 2.75) is 11.8 Å². The molecule has 0 spiro atoms. The normalized spacial score (nSPS) is 11.7. The van der Waals surface area contributed by atoms with E-state index < -0.39 is 11.9 Å². The summed E-state index contributed by atoms with van der Waals surface area (Å²) in [7, 11) is 1.58. The van der Waals surface area contributed by atoms with Gasteiger partial charge in [-0.3, -0.25) is 4.79 Å². The molecule has 0 saturated heterocycles. The average Bonchev–Trinajstić information content (AvgIpc) is 2.38. The number of aliphatic carboxylic acids is 1. The van der Waals surface area contributed by atoms with Crippen LogP contribution in [0.25, 0.3) is 0 Å². The van der Waals surface area contributed by atoms with Gasteiger partial charge in [-0.05, 0) is 18.4 Å². The topological polar surface area (TPSA) is 69.6 Å². The zero-order valence-corrected chi connectivity index (χ0v) is 12.0. The van der Waals surface area contributed by atoms with E-state index in [0.29, 0.717) is 0 Å². The highest BCUT2D eigenvalue weighted by Gasteiger charge is 2.17. The monoisotopic (exact) mass is 282 g/mol. The molecule has 104 valence electrons. The van der Waals surface area contributed by atoms with E-state index in [4.69, 9.17) is 5.11 Å². The van der Waals surface area contributed by atoms with Gasteiger partial charge in [-0.15, -0.1) is 11.8 Å². The Balaban J connectivity index is 2.66. The molecule has 2 N–H and O–H groups in total. The molecule has 2 amide bonds. The fraction of sp³-hybridized carbons (Fsp3) is 0.385. The number of carboxylic acids is 1. The van der Waals surface area contributed by atoms with Crippen LogP contribution in [-0.2, 0) is 4.79 Å². The smallest absolute Gasteiger partial charge is 0.321 e. The summed E-state index contributed by atoms with van der Waals surface area (Å²) in [6.45, 7) is 1.74. The highest BCUT2D eigenvalue weighted by atomic mass is 32.2. The maximum absolute atomic E-state index is 12.0. The molecule has 0 saturated carbocycles. The first-order valence-electron chi connectivity index (χ1n) is 5.83. The van der Waals surface area contributed by atoms with Gasteiger partial charge in [0.25, 0.3) is 0 Å². The SMILES string of the molecule is CSc1ccccc1NC(=O)N(C)CC(C)C(=O)O. The van der Waals surface area contributed by atoms with Crippen molar-refractivity contribution < 1.29 is 14.7 Å². The second kappa shape index (κ2) is 7.04. The lowest BCUT2D eigenvalue weighted by Crippen LogP contribution is -2.36. The minimum atomic E-state index is -0.913. The lowest BCUT2D eigenvalue weighted by molar-refractivity contribution is -0.141. The predicted octanol–water partition coefficient (Wildman–Crippen LogP) is 2.59. The van der Waals surface area contributed by atoms with E-state index in [9.17, 15) is 9.59 Å². The van der Waals surface area contributed by atoms with Gasteiger partial charge in [0.2, 0.25) is 0 Å². The molecule has 0 heterocycles. The Hall–Kier alpha value is -1.69. The van der Waals surface area contributed by atoms with Crippen LogP contribution < -0.4 is 5.32 Å². The maximum atomic E-state index is 12.0. The second-order valence-corrected chi connectivity index (χ2v) is 5.10. The number of carbonyl (C=O) groups excluding carboxylic acids is 1. The Morgan fingerprint density at radius 1 is 1.42 bits per heavy atom. The molecule has 1 unspecified atom stereocenters. The molecule has 1 aromatic carbocycles. The van der Waals surface area contributed by atoms with Crippen molar-refractivity contribution in [2.75, 3.05) is 25.2 Å². The molecule has 0 fully saturated rings. The van der Waals surface area contributed by atoms with Crippen molar-refractivity contribution in [3.05, 3.63) is 24.3 Å². The Morgan fingerprint density at radius 2 is 2.05 bits per heavy atom. The lowest BCUT2D eigenvalue weighted by Gasteiger charge is -2.20. The molecule has 0 radical (unpaired) electrons. The first kappa shape index (κ1) is 15.4. The number of hydrogen-bond donors (Lipinski definition) is 2. The summed E-state index contributed by atoms with van der Waals surface area (Å²) in [6, 6.07) is 7.17. The molecule has 6 heteroatoms. The summed E-state index contributed by atoms with van der Waals surface area (Å²) in [4.78, 5) is 25.0. The van der Waals surface area contributed by atoms with Crippen LogP contribution in [0.3, 0.4) is 0 Å². The standard InChI is InChI=1S/C13H18N2O3S/c1-9(12(16)17)8-15(2)13(18)14-10-6-4-5-7-11(10)19-3/h4-7,9H,8H2,1-3H3,(H,14,18)(H,16,17). The van der Waals surface area contributed by atoms with Gasteiger partial charge in [0.1, 0.15) is 0 Å². The third kappa shape index (κ3) is 4.48. The van der Waals surface area contributed by atoms with Crippen LogP contribution in [0.5, 0.6) is 0 Å². The summed E-state index contributed by atoms with van der Waals surface area (Å²) < 4.78 is 0. The van der Waals surface area contributed by atoms with Gasteiger partial charge in [-0.25, -0.2) is 4.79 Å². The number of hydrogen-bond acceptors (Lipinski definition) is 3. The zero-order valence-electron chi connectivity index (χ0n) is 11.2. The quantitative estimate of drug-likeness (QED) is 0.814. The molecule has 5 nitrogen and oxygen atoms in total. The summed E-state index contributed by atoms with van der Waals surface area (Å²) in [5.74, 6) is -1.50. The van der Waals surface area contributed by atoms with Crippen molar-refractivity contribution in [1.82, 2.24) is 4.90 Å². The van der Waals surface area contributed by atoms with Gasteiger partial charge in [0, 0.05) is 18.5 Å². The largest absolute Gasteiger partial charge is 0.481 e. The highest BCUT2D eigenvalue weighted by molar-refractivity contribution is 7.98. The number of anilines is 1. The number of benzene rings is 1. The number of carboxylic acid groups (broad SMARTS) is 1. The summed E-state index contributed by atoms with van der Waals surface area (Å²) in [5.41, 5.74) is 0.731. The number of rotatable bonds is 5. The number of nitrogens with one attached hydrogen (secondary N) is 1. The van der Waals surface area contributed by atoms with Crippen LogP contribution in [0.2, 0.25) is 0 Å². The predicted molar refractivity (Wildman–Crippen MR) is 76.7 cm³/mol. The molecule has 0 aliphatic heterocycles. The zero-order chi connectivity index (χ0) is 14.4. The number of thioether (sulfide) groups is 1. The van der Waals surface area contributed by atoms with Crippen molar-refractivity contribution in [2.24, 2.45) is 5.92 Å². The van der Waals surface area contributed by atoms with E-state index in [1.54, 1.807) is 25.7 Å². The van der Waals surface area contributed by atoms with Crippen LogP contribution in [0.15, 0.2) is 29.2 Å². The van der Waals surface area contributed by atoms with Crippen molar-refractivity contribution in [1.29, 1.82) is 0 Å². The molecule has 0 aliphatic rings. The van der Waals surface area contributed by atoms with Crippen LogP contribution in [-0.4, -0.2) is 41.9 Å². The Labute approximate surface area is 117 Å². The van der Waals surface area contributed by atoms with Gasteiger partial charge in [-0.1, -0.05) is 19.1 Å². The Morgan fingerprint density at radius 3 is 2.63 bits per heavy atom. The first-order valence-corrected chi connectivity index (χ1v) is 7.06. The lowest BCUT2D eigenvalue weighted by atomic mass is 10.2. The fourth-order valence-electron chi connectivity index (χ4n) is 1.53. The van der Waals surface area contributed by atoms with Crippen molar-refractivity contribution >= 4 is 29.4 Å². The number of amides is 2. The molecule has 1 atom stereocenters. The molecule has 0 aromatic heterocycles. The second-order valence-electron chi connectivity index (χ2n) is 4.25. The fourth-order valence-corrected chi connectivity index (χ4v) is 2.08.